The van der Waals surface area contributed by atoms with Crippen molar-refractivity contribution in [2.75, 3.05) is 0 Å². The number of hydrogen-bond donors (Lipinski definition) is 0. The smallest absolute Gasteiger partial charge is 0.295 e. The van der Waals surface area contributed by atoms with E-state index in [0.717, 1.165) is 60.8 Å². The molecule has 0 unspecified atom stereocenters. The fourth-order valence-electron chi connectivity index (χ4n) is 6.24. The SMILES string of the molecule is Cn1c(=O)n(C)c2cc(-c3cccc(-c4nc(-c5ccccc5)nc(-c5ccc6ccccc6c5-c5ccccc5)n4)c3)ccc21. The van der Waals surface area contributed by atoms with Crippen LogP contribution in [0.3, 0.4) is 0 Å². The summed E-state index contributed by atoms with van der Waals surface area (Å²) in [4.78, 5) is 27.8. The molecule has 2 aromatic heterocycles. The average molecular weight is 596 g/mol. The van der Waals surface area contributed by atoms with E-state index < -0.39 is 0 Å². The van der Waals surface area contributed by atoms with Gasteiger partial charge in [0, 0.05) is 36.3 Å². The molecule has 0 atom stereocenters. The minimum absolute atomic E-state index is 0.0457. The maximum absolute atomic E-state index is 12.6. The third-order valence-electron chi connectivity index (χ3n) is 8.63. The maximum Gasteiger partial charge on any atom is 0.328 e. The highest BCUT2D eigenvalue weighted by atomic mass is 16.1. The Labute approximate surface area is 265 Å². The molecule has 0 saturated carbocycles. The summed E-state index contributed by atoms with van der Waals surface area (Å²) in [7, 11) is 3.60. The zero-order valence-electron chi connectivity index (χ0n) is 25.4. The minimum Gasteiger partial charge on any atom is -0.295 e. The molecule has 0 spiro atoms. The van der Waals surface area contributed by atoms with Crippen molar-refractivity contribution in [1.29, 1.82) is 0 Å². The van der Waals surface area contributed by atoms with Crippen molar-refractivity contribution in [3.63, 3.8) is 0 Å². The van der Waals surface area contributed by atoms with Crippen LogP contribution in [0.2, 0.25) is 0 Å². The van der Waals surface area contributed by atoms with Gasteiger partial charge in [-0.2, -0.15) is 0 Å². The standard InChI is InChI=1S/C40H29N5O/c1-44-34-23-21-30(25-35(34)45(2)40(44)46)29-17-11-18-31(24-29)38-41-37(28-15-7-4-8-16-28)42-39(43-38)33-22-20-26-12-9-10-19-32(26)36(33)27-13-5-3-6-14-27/h3-25H,1-2H3. The van der Waals surface area contributed by atoms with E-state index in [1.807, 2.05) is 54.6 Å². The first-order valence-corrected chi connectivity index (χ1v) is 15.2. The molecule has 6 aromatic carbocycles. The summed E-state index contributed by atoms with van der Waals surface area (Å²) in [5.41, 5.74) is 8.68. The van der Waals surface area contributed by atoms with E-state index in [-0.39, 0.29) is 5.69 Å². The lowest BCUT2D eigenvalue weighted by Gasteiger charge is -2.15. The second kappa shape index (κ2) is 11.1. The van der Waals surface area contributed by atoms with E-state index in [0.29, 0.717) is 17.5 Å². The number of aryl methyl sites for hydroxylation is 2. The van der Waals surface area contributed by atoms with Crippen molar-refractivity contribution in [1.82, 2.24) is 24.1 Å². The lowest BCUT2D eigenvalue weighted by molar-refractivity contribution is 0.795. The molecule has 0 fully saturated rings. The molecule has 220 valence electrons. The number of benzene rings is 6. The van der Waals surface area contributed by atoms with Crippen LogP contribution in [0, 0.1) is 0 Å². The van der Waals surface area contributed by atoms with Crippen LogP contribution in [0.15, 0.2) is 144 Å². The molecule has 0 aliphatic rings. The monoisotopic (exact) mass is 595 g/mol. The third-order valence-corrected chi connectivity index (χ3v) is 8.63. The Morgan fingerprint density at radius 3 is 1.83 bits per heavy atom. The molecular formula is C40H29N5O. The number of fused-ring (bicyclic) bond motifs is 2. The van der Waals surface area contributed by atoms with E-state index in [9.17, 15) is 4.79 Å². The van der Waals surface area contributed by atoms with Gasteiger partial charge in [0.2, 0.25) is 0 Å². The quantitative estimate of drug-likeness (QED) is 0.200. The Hall–Kier alpha value is -6.14. The van der Waals surface area contributed by atoms with Crippen LogP contribution < -0.4 is 5.69 Å². The highest BCUT2D eigenvalue weighted by Crippen LogP contribution is 2.38. The second-order valence-corrected chi connectivity index (χ2v) is 11.4. The Bertz CT molecular complexity index is 2460. The van der Waals surface area contributed by atoms with Crippen LogP contribution in [-0.4, -0.2) is 24.1 Å². The molecule has 8 rings (SSSR count). The van der Waals surface area contributed by atoms with Gasteiger partial charge in [-0.3, -0.25) is 9.13 Å². The van der Waals surface area contributed by atoms with Gasteiger partial charge in [0.15, 0.2) is 17.5 Å². The highest BCUT2D eigenvalue weighted by Gasteiger charge is 2.18. The van der Waals surface area contributed by atoms with Crippen molar-refractivity contribution in [2.24, 2.45) is 14.1 Å². The van der Waals surface area contributed by atoms with Crippen LogP contribution in [0.1, 0.15) is 0 Å². The molecule has 0 N–H and O–H groups in total. The molecule has 0 amide bonds. The summed E-state index contributed by atoms with van der Waals surface area (Å²) in [6.07, 6.45) is 0. The molecule has 0 aliphatic carbocycles. The topological polar surface area (TPSA) is 65.6 Å². The highest BCUT2D eigenvalue weighted by molar-refractivity contribution is 6.03. The van der Waals surface area contributed by atoms with E-state index in [1.54, 1.807) is 23.2 Å². The predicted molar refractivity (Wildman–Crippen MR) is 186 cm³/mol. The molecule has 0 bridgehead atoms. The molecule has 46 heavy (non-hydrogen) atoms. The van der Waals surface area contributed by atoms with E-state index in [4.69, 9.17) is 15.0 Å². The van der Waals surface area contributed by atoms with Crippen LogP contribution in [0.5, 0.6) is 0 Å². The van der Waals surface area contributed by atoms with E-state index in [1.165, 1.54) is 0 Å². The molecule has 0 saturated heterocycles. The van der Waals surface area contributed by atoms with Gasteiger partial charge >= 0.3 is 5.69 Å². The normalized spacial score (nSPS) is 11.3. The first kappa shape index (κ1) is 27.4. The molecular weight excluding hydrogens is 566 g/mol. The lowest BCUT2D eigenvalue weighted by atomic mass is 9.93. The first-order chi connectivity index (χ1) is 22.5. The van der Waals surface area contributed by atoms with Gasteiger partial charge in [0.25, 0.3) is 0 Å². The largest absolute Gasteiger partial charge is 0.328 e. The first-order valence-electron chi connectivity index (χ1n) is 15.2. The molecule has 6 heteroatoms. The van der Waals surface area contributed by atoms with Gasteiger partial charge in [0.05, 0.1) is 11.0 Å². The van der Waals surface area contributed by atoms with Gasteiger partial charge in [-0.25, -0.2) is 19.7 Å². The Morgan fingerprint density at radius 1 is 0.457 bits per heavy atom. The predicted octanol–water partition coefficient (Wildman–Crippen LogP) is 8.55. The summed E-state index contributed by atoms with van der Waals surface area (Å²) in [6.45, 7) is 0. The molecule has 2 heterocycles. The van der Waals surface area contributed by atoms with Crippen molar-refractivity contribution in [3.8, 4) is 56.4 Å². The number of imidazole rings is 1. The van der Waals surface area contributed by atoms with Gasteiger partial charge < -0.3 is 0 Å². The Kier molecular flexibility index (Phi) is 6.61. The van der Waals surface area contributed by atoms with Crippen molar-refractivity contribution in [2.45, 2.75) is 0 Å². The van der Waals surface area contributed by atoms with E-state index >= 15 is 0 Å². The summed E-state index contributed by atoms with van der Waals surface area (Å²) in [5.74, 6) is 1.81. The summed E-state index contributed by atoms with van der Waals surface area (Å²) < 4.78 is 3.35. The number of nitrogens with zero attached hydrogens (tertiary/aromatic N) is 5. The van der Waals surface area contributed by atoms with Crippen LogP contribution in [0.4, 0.5) is 0 Å². The zero-order valence-corrected chi connectivity index (χ0v) is 25.4. The van der Waals surface area contributed by atoms with Gasteiger partial charge in [0.1, 0.15) is 0 Å². The molecule has 6 nitrogen and oxygen atoms in total. The molecule has 0 radical (unpaired) electrons. The van der Waals surface area contributed by atoms with Crippen molar-refractivity contribution >= 4 is 21.8 Å². The third kappa shape index (κ3) is 4.68. The van der Waals surface area contributed by atoms with Crippen molar-refractivity contribution < 1.29 is 0 Å². The van der Waals surface area contributed by atoms with Gasteiger partial charge in [-0.1, -0.05) is 115 Å². The number of rotatable bonds is 5. The fourth-order valence-corrected chi connectivity index (χ4v) is 6.24. The summed E-state index contributed by atoms with van der Waals surface area (Å²) in [5, 5.41) is 2.30. The zero-order chi connectivity index (χ0) is 31.2. The Balaban J connectivity index is 1.33. The van der Waals surface area contributed by atoms with E-state index in [2.05, 4.69) is 84.9 Å². The fraction of sp³-hybridized carbons (Fsp3) is 0.0500. The van der Waals surface area contributed by atoms with Gasteiger partial charge in [-0.15, -0.1) is 0 Å². The molecule has 8 aromatic rings. The van der Waals surface area contributed by atoms with Crippen molar-refractivity contribution in [3.05, 3.63) is 150 Å². The van der Waals surface area contributed by atoms with Crippen LogP contribution in [0.25, 0.3) is 78.2 Å². The lowest BCUT2D eigenvalue weighted by Crippen LogP contribution is -2.19. The number of aromatic nitrogens is 5. The maximum atomic E-state index is 12.6. The summed E-state index contributed by atoms with van der Waals surface area (Å²) >= 11 is 0. The van der Waals surface area contributed by atoms with Gasteiger partial charge in [-0.05, 0) is 51.7 Å². The average Bonchev–Trinajstić information content (AvgIpc) is 3.34. The minimum atomic E-state index is -0.0457. The summed E-state index contributed by atoms with van der Waals surface area (Å²) in [6, 6.07) is 47.5. The second-order valence-electron chi connectivity index (χ2n) is 11.4. The number of hydrogen-bond acceptors (Lipinski definition) is 4. The van der Waals surface area contributed by atoms with Crippen LogP contribution >= 0.6 is 0 Å². The Morgan fingerprint density at radius 2 is 1.04 bits per heavy atom. The van der Waals surface area contributed by atoms with Crippen LogP contribution in [-0.2, 0) is 14.1 Å². The molecule has 0 aliphatic heterocycles.